The molecular weight excluding hydrogens is 344 g/mol. The summed E-state index contributed by atoms with van der Waals surface area (Å²) < 4.78 is 0. The first-order valence-electron chi connectivity index (χ1n) is 8.49. The fourth-order valence-corrected chi connectivity index (χ4v) is 7.23. The lowest BCUT2D eigenvalue weighted by molar-refractivity contribution is -0.0569. The Labute approximate surface area is 141 Å². The highest BCUT2D eigenvalue weighted by atomic mass is 79.9. The van der Waals surface area contributed by atoms with Gasteiger partial charge in [0, 0.05) is 9.85 Å². The quantitative estimate of drug-likeness (QED) is 0.551. The first-order chi connectivity index (χ1) is 10.1. The zero-order valence-corrected chi connectivity index (χ0v) is 14.9. The van der Waals surface area contributed by atoms with Crippen LogP contribution in [-0.2, 0) is 6.42 Å². The summed E-state index contributed by atoms with van der Waals surface area (Å²) >= 11 is 10.3. The van der Waals surface area contributed by atoms with E-state index in [1.165, 1.54) is 50.5 Å². The highest BCUT2D eigenvalue weighted by Crippen LogP contribution is 2.62. The van der Waals surface area contributed by atoms with Crippen molar-refractivity contribution < 1.29 is 0 Å². The average molecular weight is 368 g/mol. The van der Waals surface area contributed by atoms with Gasteiger partial charge in [-0.05, 0) is 86.2 Å². The number of rotatable bonds is 4. The Bertz CT molecular complexity index is 489. The molecule has 1 unspecified atom stereocenters. The number of halogens is 2. The summed E-state index contributed by atoms with van der Waals surface area (Å²) in [4.78, 5) is 0.577. The van der Waals surface area contributed by atoms with Crippen LogP contribution in [0.5, 0.6) is 0 Å². The van der Waals surface area contributed by atoms with Crippen LogP contribution in [-0.4, -0.2) is 4.83 Å². The van der Waals surface area contributed by atoms with Gasteiger partial charge in [-0.25, -0.2) is 0 Å². The second kappa shape index (κ2) is 5.57. The van der Waals surface area contributed by atoms with Gasteiger partial charge in [-0.15, -0.1) is 0 Å². The lowest BCUT2D eigenvalue weighted by Gasteiger charge is -2.57. The monoisotopic (exact) mass is 366 g/mol. The summed E-state index contributed by atoms with van der Waals surface area (Å²) in [7, 11) is 0. The zero-order chi connectivity index (χ0) is 14.4. The van der Waals surface area contributed by atoms with E-state index in [9.17, 15) is 0 Å². The molecule has 0 nitrogen and oxygen atoms in total. The Morgan fingerprint density at radius 2 is 1.62 bits per heavy atom. The molecule has 4 aliphatic carbocycles. The van der Waals surface area contributed by atoms with E-state index in [1.807, 2.05) is 12.1 Å². The maximum atomic E-state index is 6.32. The maximum Gasteiger partial charge on any atom is 0.0438 e. The molecule has 0 saturated heterocycles. The van der Waals surface area contributed by atoms with Crippen molar-refractivity contribution in [2.24, 2.45) is 23.2 Å². The first-order valence-corrected chi connectivity index (χ1v) is 9.79. The molecule has 0 aliphatic heterocycles. The molecule has 2 heteroatoms. The van der Waals surface area contributed by atoms with Crippen LogP contribution >= 0.6 is 27.5 Å². The van der Waals surface area contributed by atoms with Crippen LogP contribution < -0.4 is 0 Å². The topological polar surface area (TPSA) is 0 Å². The molecule has 4 saturated carbocycles. The second-order valence-electron chi connectivity index (χ2n) is 8.01. The molecule has 0 amide bonds. The van der Waals surface area contributed by atoms with Crippen molar-refractivity contribution >= 4 is 27.5 Å². The molecule has 114 valence electrons. The van der Waals surface area contributed by atoms with Crippen molar-refractivity contribution in [1.82, 2.24) is 0 Å². The molecule has 1 aromatic carbocycles. The number of hydrogen-bond donors (Lipinski definition) is 0. The summed E-state index contributed by atoms with van der Waals surface area (Å²) in [6, 6.07) is 8.32. The van der Waals surface area contributed by atoms with E-state index < -0.39 is 0 Å². The smallest absolute Gasteiger partial charge is 0.0438 e. The van der Waals surface area contributed by atoms with Crippen molar-refractivity contribution in [2.45, 2.75) is 56.2 Å². The van der Waals surface area contributed by atoms with E-state index in [-0.39, 0.29) is 0 Å². The van der Waals surface area contributed by atoms with Gasteiger partial charge in [0.1, 0.15) is 0 Å². The Morgan fingerprint density at radius 3 is 2.19 bits per heavy atom. The van der Waals surface area contributed by atoms with Gasteiger partial charge in [0.05, 0.1) is 0 Å². The minimum absolute atomic E-state index is 0.577. The van der Waals surface area contributed by atoms with Crippen LogP contribution in [0.3, 0.4) is 0 Å². The van der Waals surface area contributed by atoms with E-state index in [4.69, 9.17) is 11.6 Å². The molecule has 1 atom stereocenters. The standard InChI is InChI=1S/C19H24BrCl/c20-17(8-16-3-1-2-4-18(16)21)12-19-9-13-5-14(10-19)7-15(6-13)11-19/h1-4,13-15,17H,5-12H2. The van der Waals surface area contributed by atoms with E-state index in [0.29, 0.717) is 10.2 Å². The molecule has 21 heavy (non-hydrogen) atoms. The van der Waals surface area contributed by atoms with Crippen molar-refractivity contribution in [1.29, 1.82) is 0 Å². The summed E-state index contributed by atoms with van der Waals surface area (Å²) in [5.41, 5.74) is 1.95. The molecule has 0 radical (unpaired) electrons. The van der Waals surface area contributed by atoms with Crippen LogP contribution in [0.1, 0.15) is 50.5 Å². The Morgan fingerprint density at radius 1 is 1.05 bits per heavy atom. The van der Waals surface area contributed by atoms with Crippen molar-refractivity contribution in [3.05, 3.63) is 34.9 Å². The van der Waals surface area contributed by atoms with Crippen LogP contribution in [0.2, 0.25) is 5.02 Å². The molecule has 0 aromatic heterocycles. The largest absolute Gasteiger partial charge is 0.0887 e. The first kappa shape index (κ1) is 14.6. The van der Waals surface area contributed by atoms with Gasteiger partial charge in [-0.2, -0.15) is 0 Å². The van der Waals surface area contributed by atoms with Gasteiger partial charge in [-0.1, -0.05) is 45.7 Å². The SMILES string of the molecule is Clc1ccccc1CC(Br)CC12CC3CC(CC(C3)C1)C2. The molecule has 0 N–H and O–H groups in total. The lowest BCUT2D eigenvalue weighted by Crippen LogP contribution is -2.47. The average Bonchev–Trinajstić information content (AvgIpc) is 2.39. The second-order valence-corrected chi connectivity index (χ2v) is 9.72. The van der Waals surface area contributed by atoms with Gasteiger partial charge in [0.15, 0.2) is 0 Å². The van der Waals surface area contributed by atoms with Gasteiger partial charge >= 0.3 is 0 Å². The van der Waals surface area contributed by atoms with E-state index in [2.05, 4.69) is 28.1 Å². The third-order valence-corrected chi connectivity index (χ3v) is 7.24. The Kier molecular flexibility index (Phi) is 3.86. The summed E-state index contributed by atoms with van der Waals surface area (Å²) in [6.07, 6.45) is 11.5. The number of benzene rings is 1. The fourth-order valence-electron chi connectivity index (χ4n) is 5.98. The summed E-state index contributed by atoms with van der Waals surface area (Å²) in [6.45, 7) is 0. The minimum atomic E-state index is 0.577. The highest BCUT2D eigenvalue weighted by Gasteiger charge is 2.51. The van der Waals surface area contributed by atoms with Crippen LogP contribution in [0.15, 0.2) is 24.3 Å². The van der Waals surface area contributed by atoms with E-state index >= 15 is 0 Å². The zero-order valence-electron chi connectivity index (χ0n) is 12.5. The van der Waals surface area contributed by atoms with Crippen LogP contribution in [0.4, 0.5) is 0 Å². The molecule has 0 heterocycles. The number of alkyl halides is 1. The molecule has 4 aliphatic rings. The van der Waals surface area contributed by atoms with Crippen molar-refractivity contribution in [3.63, 3.8) is 0 Å². The molecule has 5 rings (SSSR count). The van der Waals surface area contributed by atoms with Gasteiger partial charge < -0.3 is 0 Å². The van der Waals surface area contributed by atoms with E-state index in [0.717, 1.165) is 29.2 Å². The lowest BCUT2D eigenvalue weighted by atomic mass is 9.48. The van der Waals surface area contributed by atoms with Gasteiger partial charge in [0.25, 0.3) is 0 Å². The van der Waals surface area contributed by atoms with Gasteiger partial charge in [0.2, 0.25) is 0 Å². The molecule has 1 aromatic rings. The predicted octanol–water partition coefficient (Wildman–Crippen LogP) is 6.25. The normalized spacial score (nSPS) is 38.7. The molecular formula is C19H24BrCl. The Hall–Kier alpha value is -0.0100. The molecule has 0 spiro atoms. The number of hydrogen-bond acceptors (Lipinski definition) is 0. The molecule has 4 fully saturated rings. The predicted molar refractivity (Wildman–Crippen MR) is 93.1 cm³/mol. The Balaban J connectivity index is 1.45. The fraction of sp³-hybridized carbons (Fsp3) is 0.684. The van der Waals surface area contributed by atoms with Crippen molar-refractivity contribution in [2.75, 3.05) is 0 Å². The summed E-state index contributed by atoms with van der Waals surface area (Å²) in [5, 5.41) is 0.924. The summed E-state index contributed by atoms with van der Waals surface area (Å²) in [5.74, 6) is 3.16. The molecule has 4 bridgehead atoms. The maximum absolute atomic E-state index is 6.32. The third kappa shape index (κ3) is 2.93. The highest BCUT2D eigenvalue weighted by molar-refractivity contribution is 9.09. The van der Waals surface area contributed by atoms with E-state index in [1.54, 1.807) is 0 Å². The minimum Gasteiger partial charge on any atom is -0.0887 e. The third-order valence-electron chi connectivity index (χ3n) is 6.22. The van der Waals surface area contributed by atoms with Crippen molar-refractivity contribution in [3.8, 4) is 0 Å². The van der Waals surface area contributed by atoms with Gasteiger partial charge in [-0.3, -0.25) is 0 Å². The van der Waals surface area contributed by atoms with Crippen LogP contribution in [0.25, 0.3) is 0 Å². The van der Waals surface area contributed by atoms with Crippen LogP contribution in [0, 0.1) is 23.2 Å².